The van der Waals surface area contributed by atoms with Crippen LogP contribution >= 0.6 is 0 Å². The predicted molar refractivity (Wildman–Crippen MR) is 54.4 cm³/mol. The number of amides is 2. The highest BCUT2D eigenvalue weighted by molar-refractivity contribution is 5.84. The lowest BCUT2D eigenvalue weighted by Crippen LogP contribution is -2.51. The summed E-state index contributed by atoms with van der Waals surface area (Å²) in [6, 6.07) is -0.802. The molecule has 1 atom stereocenters. The number of hydrogen-bond donors (Lipinski definition) is 1. The molecule has 0 aromatic carbocycles. The molecule has 1 saturated heterocycles. The Hall–Kier alpha value is -1.34. The maximum Gasteiger partial charge on any atom is 0.383 e. The van der Waals surface area contributed by atoms with Crippen molar-refractivity contribution >= 4 is 11.8 Å². The first-order chi connectivity index (χ1) is 8.25. The van der Waals surface area contributed by atoms with Crippen LogP contribution < -0.4 is 5.32 Å². The molecule has 0 aromatic rings. The lowest BCUT2D eigenvalue weighted by molar-refractivity contribution is -0.170. The molecule has 1 rings (SSSR count). The van der Waals surface area contributed by atoms with E-state index >= 15 is 0 Å². The maximum atomic E-state index is 12.6. The van der Waals surface area contributed by atoms with E-state index in [1.165, 1.54) is 11.8 Å². The minimum Gasteiger partial charge on any atom is -0.346 e. The summed E-state index contributed by atoms with van der Waals surface area (Å²) in [6.45, 7) is 1.92. The fraction of sp³-hybridized carbons (Fsp3) is 0.800. The van der Waals surface area contributed by atoms with Crippen LogP contribution in [0.15, 0.2) is 0 Å². The van der Waals surface area contributed by atoms with Crippen molar-refractivity contribution in [2.45, 2.75) is 38.2 Å². The molecule has 0 spiro atoms. The van der Waals surface area contributed by atoms with Crippen molar-refractivity contribution in [1.29, 1.82) is 0 Å². The average molecular weight is 270 g/mol. The second-order valence-corrected chi connectivity index (χ2v) is 4.24. The van der Waals surface area contributed by atoms with Crippen LogP contribution in [-0.2, 0) is 9.59 Å². The van der Waals surface area contributed by atoms with Crippen LogP contribution in [0.25, 0.3) is 0 Å². The number of carbonyl (C=O) groups is 2. The third-order valence-electron chi connectivity index (χ3n) is 2.62. The minimum atomic E-state index is -4.71. The summed E-state index contributed by atoms with van der Waals surface area (Å²) in [7, 11) is 0. The molecule has 0 aromatic heterocycles. The van der Waals surface area contributed by atoms with Crippen LogP contribution in [0, 0.1) is 0 Å². The smallest absolute Gasteiger partial charge is 0.346 e. The van der Waals surface area contributed by atoms with Crippen LogP contribution in [0.1, 0.15) is 19.8 Å². The molecule has 0 saturated carbocycles. The Morgan fingerprint density at radius 3 is 2.56 bits per heavy atom. The first-order valence-corrected chi connectivity index (χ1v) is 5.50. The van der Waals surface area contributed by atoms with Crippen molar-refractivity contribution in [2.24, 2.45) is 0 Å². The first kappa shape index (κ1) is 14.7. The summed E-state index contributed by atoms with van der Waals surface area (Å²) in [5.41, 5.74) is 0. The van der Waals surface area contributed by atoms with E-state index in [0.29, 0.717) is 19.4 Å². The van der Waals surface area contributed by atoms with E-state index in [2.05, 4.69) is 0 Å². The molecule has 104 valence electrons. The Bertz CT molecular complexity index is 336. The number of hydrogen-bond acceptors (Lipinski definition) is 2. The third-order valence-corrected chi connectivity index (χ3v) is 2.62. The number of rotatable bonds is 5. The zero-order valence-electron chi connectivity index (χ0n) is 9.76. The molecular formula is C10H14F4N2O2. The molecule has 2 amide bonds. The molecule has 1 fully saturated rings. The zero-order valence-corrected chi connectivity index (χ0v) is 9.76. The average Bonchev–Trinajstić information content (AvgIpc) is 2.63. The number of nitrogens with zero attached hydrogens (tertiary/aromatic N) is 1. The van der Waals surface area contributed by atoms with Gasteiger partial charge in [0.2, 0.25) is 5.91 Å². The quantitative estimate of drug-likeness (QED) is 0.758. The first-order valence-electron chi connectivity index (χ1n) is 5.50. The highest BCUT2D eigenvalue weighted by Gasteiger charge is 2.49. The summed E-state index contributed by atoms with van der Waals surface area (Å²) >= 11 is 0. The van der Waals surface area contributed by atoms with Crippen LogP contribution in [0.4, 0.5) is 17.6 Å². The van der Waals surface area contributed by atoms with Gasteiger partial charge in [-0.25, -0.2) is 8.78 Å². The molecule has 8 heteroatoms. The van der Waals surface area contributed by atoms with Crippen molar-refractivity contribution < 1.29 is 27.2 Å². The number of carbonyl (C=O) groups excluding carboxylic acids is 2. The number of likely N-dealkylation sites (tertiary alicyclic amines) is 1. The maximum absolute atomic E-state index is 12.6. The molecule has 1 aliphatic heterocycles. The second-order valence-electron chi connectivity index (χ2n) is 4.24. The fourth-order valence-electron chi connectivity index (χ4n) is 1.69. The van der Waals surface area contributed by atoms with Gasteiger partial charge in [-0.15, -0.1) is 0 Å². The topological polar surface area (TPSA) is 49.4 Å². The van der Waals surface area contributed by atoms with Gasteiger partial charge in [0.25, 0.3) is 5.91 Å². The van der Waals surface area contributed by atoms with Crippen LogP contribution in [0.2, 0.25) is 0 Å². The predicted octanol–water partition coefficient (Wildman–Crippen LogP) is 1.01. The molecule has 0 bridgehead atoms. The van der Waals surface area contributed by atoms with Gasteiger partial charge >= 0.3 is 12.3 Å². The third kappa shape index (κ3) is 3.33. The number of halogens is 4. The fourth-order valence-corrected chi connectivity index (χ4v) is 1.69. The van der Waals surface area contributed by atoms with E-state index in [1.807, 2.05) is 0 Å². The molecule has 0 aliphatic carbocycles. The van der Waals surface area contributed by atoms with E-state index in [0.717, 1.165) is 0 Å². The Kier molecular flexibility index (Phi) is 4.53. The van der Waals surface area contributed by atoms with Crippen molar-refractivity contribution in [3.8, 4) is 0 Å². The second kappa shape index (κ2) is 5.53. The van der Waals surface area contributed by atoms with Crippen molar-refractivity contribution in [1.82, 2.24) is 10.2 Å². The molecular weight excluding hydrogens is 256 g/mol. The lowest BCUT2D eigenvalue weighted by atomic mass is 10.2. The molecule has 1 unspecified atom stereocenters. The SMILES string of the molecule is CC(CN1CCCC1=O)NC(=O)C(F)(F)C(F)F. The summed E-state index contributed by atoms with van der Waals surface area (Å²) in [4.78, 5) is 23.6. The highest BCUT2D eigenvalue weighted by atomic mass is 19.3. The summed E-state index contributed by atoms with van der Waals surface area (Å²) < 4.78 is 49.1. The highest BCUT2D eigenvalue weighted by Crippen LogP contribution is 2.23. The summed E-state index contributed by atoms with van der Waals surface area (Å²) in [5.74, 6) is -6.85. The van der Waals surface area contributed by atoms with Gasteiger partial charge < -0.3 is 10.2 Å². The van der Waals surface area contributed by atoms with E-state index in [-0.39, 0.29) is 12.5 Å². The van der Waals surface area contributed by atoms with Crippen LogP contribution in [0.5, 0.6) is 0 Å². The van der Waals surface area contributed by atoms with E-state index in [4.69, 9.17) is 0 Å². The van der Waals surface area contributed by atoms with Gasteiger partial charge in [0, 0.05) is 25.6 Å². The molecule has 1 heterocycles. The Balaban J connectivity index is 2.47. The van der Waals surface area contributed by atoms with Crippen molar-refractivity contribution in [3.05, 3.63) is 0 Å². The van der Waals surface area contributed by atoms with Crippen LogP contribution in [-0.4, -0.2) is 48.2 Å². The Labute approximate surface area is 101 Å². The monoisotopic (exact) mass is 270 g/mol. The van der Waals surface area contributed by atoms with Gasteiger partial charge in [0.05, 0.1) is 0 Å². The largest absolute Gasteiger partial charge is 0.383 e. The summed E-state index contributed by atoms with van der Waals surface area (Å²) in [6.07, 6.45) is -2.99. The van der Waals surface area contributed by atoms with E-state index < -0.39 is 24.3 Å². The normalized spacial score (nSPS) is 18.3. The molecule has 0 radical (unpaired) electrons. The van der Waals surface area contributed by atoms with Crippen molar-refractivity contribution in [2.75, 3.05) is 13.1 Å². The Morgan fingerprint density at radius 2 is 2.11 bits per heavy atom. The molecule has 18 heavy (non-hydrogen) atoms. The standard InChI is InChI=1S/C10H14F4N2O2/c1-6(5-16-4-2-3-7(16)17)15-9(18)10(13,14)8(11)12/h6,8H,2-5H2,1H3,(H,15,18). The number of alkyl halides is 4. The van der Waals surface area contributed by atoms with Gasteiger partial charge in [-0.3, -0.25) is 9.59 Å². The van der Waals surface area contributed by atoms with Crippen molar-refractivity contribution in [3.63, 3.8) is 0 Å². The van der Waals surface area contributed by atoms with Gasteiger partial charge in [-0.1, -0.05) is 0 Å². The van der Waals surface area contributed by atoms with E-state index in [9.17, 15) is 27.2 Å². The van der Waals surface area contributed by atoms with Crippen LogP contribution in [0.3, 0.4) is 0 Å². The van der Waals surface area contributed by atoms with Gasteiger partial charge in [0.1, 0.15) is 0 Å². The zero-order chi connectivity index (χ0) is 13.9. The van der Waals surface area contributed by atoms with Gasteiger partial charge in [0.15, 0.2) is 0 Å². The minimum absolute atomic E-state index is 0.0455. The summed E-state index contributed by atoms with van der Waals surface area (Å²) in [5, 5.41) is 1.79. The van der Waals surface area contributed by atoms with E-state index in [1.54, 1.807) is 5.32 Å². The molecule has 4 nitrogen and oxygen atoms in total. The lowest BCUT2D eigenvalue weighted by Gasteiger charge is -2.23. The van der Waals surface area contributed by atoms with Gasteiger partial charge in [-0.05, 0) is 13.3 Å². The molecule has 1 N–H and O–H groups in total. The van der Waals surface area contributed by atoms with Gasteiger partial charge in [-0.2, -0.15) is 8.78 Å². The Morgan fingerprint density at radius 1 is 1.50 bits per heavy atom. The molecule has 1 aliphatic rings. The number of nitrogens with one attached hydrogen (secondary N) is 1.